The summed E-state index contributed by atoms with van der Waals surface area (Å²) in [4.78, 5) is 10.3. The van der Waals surface area contributed by atoms with Gasteiger partial charge >= 0.3 is 51.5 Å². The Balaban J connectivity index is 0. The summed E-state index contributed by atoms with van der Waals surface area (Å²) < 4.78 is 0. The monoisotopic (exact) mass is 372 g/mol. The van der Waals surface area contributed by atoms with E-state index in [1.54, 1.807) is 0 Å². The van der Waals surface area contributed by atoms with Gasteiger partial charge < -0.3 is 5.11 Å². The number of aliphatic carboxylic acids is 1. The molecule has 1 N–H and O–H groups in total. The molecule has 0 spiro atoms. The topological polar surface area (TPSA) is 37.3 Å². The molecule has 0 aliphatic carbocycles. The van der Waals surface area contributed by atoms with Gasteiger partial charge in [-0.05, 0) is 32.1 Å². The molecule has 0 amide bonds. The van der Waals surface area contributed by atoms with E-state index in [9.17, 15) is 4.79 Å². The van der Waals surface area contributed by atoms with Crippen molar-refractivity contribution in [3.63, 3.8) is 0 Å². The van der Waals surface area contributed by atoms with E-state index in [1.807, 2.05) is 0 Å². The van der Waals surface area contributed by atoms with E-state index in [-0.39, 0.29) is 45.5 Å². The number of carboxylic acid groups (broad SMARTS) is 1. The molecule has 0 heterocycles. The summed E-state index contributed by atoms with van der Waals surface area (Å²) in [7, 11) is 0. The average molecular weight is 372 g/mol. The van der Waals surface area contributed by atoms with Crippen molar-refractivity contribution < 1.29 is 9.90 Å². The normalized spacial score (nSPS) is 10.7. The predicted molar refractivity (Wildman–Crippen MR) is 95.6 cm³/mol. The van der Waals surface area contributed by atoms with Gasteiger partial charge in [0, 0.05) is 6.42 Å². The number of carbonyl (C=O) groups is 1. The standard InChI is InChI=1S/C18H34O2.Sr.2H/c1-2-3-4-5-6-7-8-9-10-11-12-13-14-15-16-17-18(19)20;;;/h9-10H,2-8,11-17H2,1H3,(H,19,20);;;/b10-9-;;;. The number of hydrogen-bond acceptors (Lipinski definition) is 1. The van der Waals surface area contributed by atoms with Crippen LogP contribution < -0.4 is 0 Å². The molecule has 2 nitrogen and oxygen atoms in total. The number of carboxylic acids is 1. The van der Waals surface area contributed by atoms with Gasteiger partial charge in [-0.3, -0.25) is 4.79 Å². The van der Waals surface area contributed by atoms with Crippen LogP contribution in [0.1, 0.15) is 96.8 Å². The minimum atomic E-state index is -0.664. The summed E-state index contributed by atoms with van der Waals surface area (Å²) in [5.74, 6) is -0.664. The van der Waals surface area contributed by atoms with Crippen molar-refractivity contribution in [2.24, 2.45) is 0 Å². The van der Waals surface area contributed by atoms with Crippen molar-refractivity contribution in [2.75, 3.05) is 0 Å². The fraction of sp³-hybridized carbons (Fsp3) is 0.833. The van der Waals surface area contributed by atoms with Gasteiger partial charge in [0.15, 0.2) is 0 Å². The quantitative estimate of drug-likeness (QED) is 0.244. The van der Waals surface area contributed by atoms with Crippen LogP contribution in [0.3, 0.4) is 0 Å². The van der Waals surface area contributed by atoms with Gasteiger partial charge in [-0.2, -0.15) is 0 Å². The molecule has 0 aromatic heterocycles. The zero-order valence-electron chi connectivity index (χ0n) is 13.4. The Morgan fingerprint density at radius 2 is 1.19 bits per heavy atom. The second-order valence-electron chi connectivity index (χ2n) is 5.73. The molecule has 0 rings (SSSR count). The Hall–Kier alpha value is 0.691. The number of allylic oxidation sites excluding steroid dienone is 2. The Morgan fingerprint density at radius 3 is 1.67 bits per heavy atom. The Labute approximate surface area is 169 Å². The van der Waals surface area contributed by atoms with E-state index in [2.05, 4.69) is 19.1 Å². The van der Waals surface area contributed by atoms with Crippen molar-refractivity contribution in [1.82, 2.24) is 0 Å². The van der Waals surface area contributed by atoms with E-state index in [4.69, 9.17) is 5.11 Å². The van der Waals surface area contributed by atoms with Crippen LogP contribution in [0.5, 0.6) is 0 Å². The van der Waals surface area contributed by atoms with Crippen molar-refractivity contribution >= 4 is 51.5 Å². The van der Waals surface area contributed by atoms with Crippen LogP contribution in [-0.4, -0.2) is 56.6 Å². The Morgan fingerprint density at radius 1 is 0.762 bits per heavy atom. The van der Waals surface area contributed by atoms with Crippen molar-refractivity contribution in [3.05, 3.63) is 12.2 Å². The molecule has 3 heteroatoms. The van der Waals surface area contributed by atoms with Gasteiger partial charge in [-0.15, -0.1) is 0 Å². The fourth-order valence-electron chi connectivity index (χ4n) is 2.35. The Kier molecular flexibility index (Phi) is 23.6. The van der Waals surface area contributed by atoms with E-state index >= 15 is 0 Å². The second kappa shape index (κ2) is 20.7. The summed E-state index contributed by atoms with van der Waals surface area (Å²) in [5.41, 5.74) is 0. The molecular formula is C18H36O2Sr. The van der Waals surface area contributed by atoms with Crippen LogP contribution in [0.25, 0.3) is 0 Å². The molecule has 0 bridgehead atoms. The molecule has 0 saturated carbocycles. The van der Waals surface area contributed by atoms with E-state index < -0.39 is 5.97 Å². The van der Waals surface area contributed by atoms with Gasteiger partial charge in [0.25, 0.3) is 0 Å². The van der Waals surface area contributed by atoms with Gasteiger partial charge in [0.05, 0.1) is 0 Å². The van der Waals surface area contributed by atoms with Crippen LogP contribution in [-0.2, 0) is 4.79 Å². The van der Waals surface area contributed by atoms with Gasteiger partial charge in [0.2, 0.25) is 0 Å². The molecule has 0 aliphatic rings. The van der Waals surface area contributed by atoms with Crippen LogP contribution in [0.15, 0.2) is 12.2 Å². The van der Waals surface area contributed by atoms with Crippen molar-refractivity contribution in [3.8, 4) is 0 Å². The zero-order valence-corrected chi connectivity index (χ0v) is 13.4. The van der Waals surface area contributed by atoms with Gasteiger partial charge in [-0.1, -0.05) is 70.4 Å². The first-order valence-corrected chi connectivity index (χ1v) is 8.64. The molecule has 0 fully saturated rings. The van der Waals surface area contributed by atoms with E-state index in [0.29, 0.717) is 6.42 Å². The maximum atomic E-state index is 10.3. The minimum absolute atomic E-state index is 0. The number of hydrogen-bond donors (Lipinski definition) is 1. The Bertz CT molecular complexity index is 239. The van der Waals surface area contributed by atoms with Crippen LogP contribution in [0, 0.1) is 0 Å². The first kappa shape index (κ1) is 23.9. The summed E-state index contributed by atoms with van der Waals surface area (Å²) in [6, 6.07) is 0. The third-order valence-electron chi connectivity index (χ3n) is 3.65. The molecule has 21 heavy (non-hydrogen) atoms. The number of unbranched alkanes of at least 4 members (excludes halogenated alkanes) is 11. The SMILES string of the molecule is CCCCCCCC/C=C\CCCCCCCC(=O)O.[SrH2]. The van der Waals surface area contributed by atoms with Crippen molar-refractivity contribution in [2.45, 2.75) is 96.8 Å². The zero-order chi connectivity index (χ0) is 14.9. The molecule has 0 atom stereocenters. The summed E-state index contributed by atoms with van der Waals surface area (Å²) in [5, 5.41) is 8.51. The van der Waals surface area contributed by atoms with Gasteiger partial charge in [-0.25, -0.2) is 0 Å². The summed E-state index contributed by atoms with van der Waals surface area (Å²) >= 11 is 0. The molecule has 122 valence electrons. The van der Waals surface area contributed by atoms with Crippen LogP contribution in [0.4, 0.5) is 0 Å². The maximum absolute atomic E-state index is 10.3. The predicted octanol–water partition coefficient (Wildman–Crippen LogP) is 5.19. The van der Waals surface area contributed by atoms with Gasteiger partial charge in [0.1, 0.15) is 0 Å². The van der Waals surface area contributed by atoms with Crippen molar-refractivity contribution in [1.29, 1.82) is 0 Å². The fourth-order valence-corrected chi connectivity index (χ4v) is 2.35. The molecule has 0 aromatic carbocycles. The second-order valence-corrected chi connectivity index (χ2v) is 5.73. The number of rotatable bonds is 15. The molecular weight excluding hydrogens is 336 g/mol. The first-order valence-electron chi connectivity index (χ1n) is 8.64. The average Bonchev–Trinajstić information content (AvgIpc) is 2.43. The molecule has 0 aromatic rings. The molecule has 0 radical (unpaired) electrons. The van der Waals surface area contributed by atoms with Crippen LogP contribution in [0.2, 0.25) is 0 Å². The van der Waals surface area contributed by atoms with Crippen LogP contribution >= 0.6 is 0 Å². The third kappa shape index (κ3) is 23.1. The molecule has 0 unspecified atom stereocenters. The molecule has 0 aliphatic heterocycles. The summed E-state index contributed by atoms with van der Waals surface area (Å²) in [6.07, 6.45) is 21.2. The molecule has 0 saturated heterocycles. The van der Waals surface area contributed by atoms with E-state index in [0.717, 1.165) is 12.8 Å². The third-order valence-corrected chi connectivity index (χ3v) is 3.65. The summed E-state index contributed by atoms with van der Waals surface area (Å²) in [6.45, 7) is 2.26. The van der Waals surface area contributed by atoms with E-state index in [1.165, 1.54) is 70.6 Å². The first-order chi connectivity index (χ1) is 9.77.